The Morgan fingerprint density at radius 1 is 1.09 bits per heavy atom. The van der Waals surface area contributed by atoms with E-state index in [2.05, 4.69) is 15.3 Å². The summed E-state index contributed by atoms with van der Waals surface area (Å²) in [5, 5.41) is 3.15. The smallest absolute Gasteiger partial charge is 0.254 e. The molecule has 1 fully saturated rings. The fraction of sp³-hybridized carbons (Fsp3) is 0.250. The van der Waals surface area contributed by atoms with Crippen LogP contribution in [0.2, 0.25) is 0 Å². The van der Waals surface area contributed by atoms with Gasteiger partial charge in [0.1, 0.15) is 17.5 Å². The third-order valence-electron chi connectivity index (χ3n) is 5.43. The van der Waals surface area contributed by atoms with Crippen molar-refractivity contribution in [2.75, 3.05) is 18.4 Å². The maximum Gasteiger partial charge on any atom is 0.254 e. The van der Waals surface area contributed by atoms with Crippen LogP contribution in [0.3, 0.4) is 0 Å². The second-order valence-electron chi connectivity index (χ2n) is 7.77. The molecule has 2 aromatic carbocycles. The van der Waals surface area contributed by atoms with Gasteiger partial charge in [-0.05, 0) is 29.2 Å². The highest BCUT2D eigenvalue weighted by molar-refractivity contribution is 5.97. The number of nitrogens with two attached hydrogens (primary N) is 1. The van der Waals surface area contributed by atoms with Crippen LogP contribution in [-0.2, 0) is 24.2 Å². The summed E-state index contributed by atoms with van der Waals surface area (Å²) in [6.45, 7) is 1.94. The molecule has 0 aliphatic carbocycles. The van der Waals surface area contributed by atoms with Crippen molar-refractivity contribution in [2.45, 2.75) is 25.8 Å². The van der Waals surface area contributed by atoms with Crippen LogP contribution in [0.5, 0.6) is 0 Å². The van der Waals surface area contributed by atoms with E-state index in [0.29, 0.717) is 30.2 Å². The number of benzene rings is 2. The van der Waals surface area contributed by atoms with Crippen LogP contribution in [0.4, 0.5) is 10.2 Å². The maximum absolute atomic E-state index is 14.3. The van der Waals surface area contributed by atoms with E-state index in [-0.39, 0.29) is 17.9 Å². The van der Waals surface area contributed by atoms with Gasteiger partial charge < -0.3 is 16.0 Å². The fourth-order valence-corrected chi connectivity index (χ4v) is 3.50. The lowest BCUT2D eigenvalue weighted by atomic mass is 10.0. The van der Waals surface area contributed by atoms with Crippen molar-refractivity contribution in [3.8, 4) is 0 Å². The largest absolute Gasteiger partial charge is 0.365 e. The van der Waals surface area contributed by atoms with Crippen molar-refractivity contribution in [1.29, 1.82) is 0 Å². The fourth-order valence-electron chi connectivity index (χ4n) is 3.50. The van der Waals surface area contributed by atoms with Gasteiger partial charge in [-0.2, -0.15) is 0 Å². The molecule has 2 heterocycles. The Balaban J connectivity index is 1.51. The molecule has 1 aromatic heterocycles. The van der Waals surface area contributed by atoms with E-state index in [4.69, 9.17) is 5.73 Å². The summed E-state index contributed by atoms with van der Waals surface area (Å²) >= 11 is 0. The van der Waals surface area contributed by atoms with Gasteiger partial charge in [-0.3, -0.25) is 9.59 Å². The summed E-state index contributed by atoms with van der Waals surface area (Å²) in [5.41, 5.74) is 7.83. The number of amides is 2. The number of rotatable bonds is 8. The van der Waals surface area contributed by atoms with Crippen LogP contribution in [0, 0.1) is 5.82 Å². The van der Waals surface area contributed by atoms with Gasteiger partial charge in [0.15, 0.2) is 0 Å². The summed E-state index contributed by atoms with van der Waals surface area (Å²) in [6, 6.07) is 14.4. The van der Waals surface area contributed by atoms with Crippen molar-refractivity contribution in [3.63, 3.8) is 0 Å². The van der Waals surface area contributed by atoms with E-state index in [1.165, 1.54) is 12.3 Å². The second-order valence-corrected chi connectivity index (χ2v) is 7.77. The number of nitrogens with zero attached hydrogens (tertiary/aromatic N) is 3. The molecule has 0 saturated carbocycles. The number of anilines is 1. The van der Waals surface area contributed by atoms with E-state index in [9.17, 15) is 14.0 Å². The monoisotopic (exact) mass is 433 g/mol. The molecular weight excluding hydrogens is 409 g/mol. The Hall–Kier alpha value is -3.81. The minimum Gasteiger partial charge on any atom is -0.365 e. The Bertz CT molecular complexity index is 1130. The molecule has 0 spiro atoms. The number of aromatic nitrogens is 2. The normalized spacial score (nSPS) is 12.8. The predicted octanol–water partition coefficient (Wildman–Crippen LogP) is 2.69. The molecule has 7 nitrogen and oxygen atoms in total. The zero-order chi connectivity index (χ0) is 22.5. The molecule has 3 aromatic rings. The van der Waals surface area contributed by atoms with Crippen molar-refractivity contribution in [1.82, 2.24) is 14.9 Å². The molecule has 1 aliphatic heterocycles. The molecule has 1 saturated heterocycles. The maximum atomic E-state index is 14.3. The summed E-state index contributed by atoms with van der Waals surface area (Å²) in [7, 11) is 0. The predicted molar refractivity (Wildman–Crippen MR) is 118 cm³/mol. The number of hydrogen-bond donors (Lipinski definition) is 2. The van der Waals surface area contributed by atoms with E-state index in [0.717, 1.165) is 30.6 Å². The highest BCUT2D eigenvalue weighted by Gasteiger charge is 2.21. The first kappa shape index (κ1) is 21.4. The minimum atomic E-state index is -0.624. The van der Waals surface area contributed by atoms with Crippen LogP contribution < -0.4 is 11.1 Å². The molecule has 0 unspecified atom stereocenters. The molecular formula is C24H24FN5O2. The number of nitrogens with one attached hydrogen (secondary N) is 1. The van der Waals surface area contributed by atoms with E-state index < -0.39 is 11.7 Å². The number of carbonyl (C=O) groups is 2. The van der Waals surface area contributed by atoms with Crippen LogP contribution in [-0.4, -0.2) is 39.8 Å². The van der Waals surface area contributed by atoms with Crippen LogP contribution in [0.25, 0.3) is 0 Å². The van der Waals surface area contributed by atoms with Gasteiger partial charge in [-0.1, -0.05) is 42.5 Å². The Kier molecular flexibility index (Phi) is 6.39. The molecule has 4 rings (SSSR count). The van der Waals surface area contributed by atoms with Crippen LogP contribution >= 0.6 is 0 Å². The molecule has 0 bridgehead atoms. The van der Waals surface area contributed by atoms with E-state index in [1.807, 2.05) is 30.3 Å². The minimum absolute atomic E-state index is 0.0328. The van der Waals surface area contributed by atoms with E-state index >= 15 is 0 Å². The quantitative estimate of drug-likeness (QED) is 0.569. The topological polar surface area (TPSA) is 101 Å². The molecule has 1 aliphatic rings. The summed E-state index contributed by atoms with van der Waals surface area (Å²) in [6.07, 6.45) is 2.75. The number of hydrogen-bond acceptors (Lipinski definition) is 5. The molecule has 8 heteroatoms. The Morgan fingerprint density at radius 2 is 1.88 bits per heavy atom. The zero-order valence-electron chi connectivity index (χ0n) is 17.6. The molecule has 0 radical (unpaired) electrons. The highest BCUT2D eigenvalue weighted by Crippen LogP contribution is 2.18. The van der Waals surface area contributed by atoms with Gasteiger partial charge in [0.25, 0.3) is 5.91 Å². The molecule has 164 valence electrons. The lowest BCUT2D eigenvalue weighted by Gasteiger charge is -2.31. The van der Waals surface area contributed by atoms with E-state index in [1.54, 1.807) is 17.0 Å². The summed E-state index contributed by atoms with van der Waals surface area (Å²) < 4.78 is 14.3. The van der Waals surface area contributed by atoms with Crippen molar-refractivity contribution >= 4 is 17.6 Å². The van der Waals surface area contributed by atoms with Crippen LogP contribution in [0.15, 0.2) is 54.7 Å². The van der Waals surface area contributed by atoms with Crippen LogP contribution in [0.1, 0.15) is 39.3 Å². The average Bonchev–Trinajstić information content (AvgIpc) is 2.74. The number of halogens is 1. The lowest BCUT2D eigenvalue weighted by molar-refractivity contribution is -0.133. The average molecular weight is 433 g/mol. The SMILES string of the molecule is NC(=O)c1cnc(Cc2ccc(F)c(CC(=O)N3CCC3)c2)nc1NCc1ccccc1. The second kappa shape index (κ2) is 9.55. The third-order valence-corrected chi connectivity index (χ3v) is 5.43. The standard InChI is InChI=1S/C24H24FN5O2/c25-20-8-7-17(11-18(20)13-22(31)30-9-4-10-30)12-21-27-15-19(23(26)32)24(29-21)28-14-16-5-2-1-3-6-16/h1-3,5-8,11,15H,4,9-10,12-14H2,(H2,26,32)(H,27,28,29). The van der Waals surface area contributed by atoms with Crippen molar-refractivity contribution in [2.24, 2.45) is 5.73 Å². The summed E-state index contributed by atoms with van der Waals surface area (Å²) in [5.74, 6) is -0.292. The first-order valence-electron chi connectivity index (χ1n) is 10.5. The third kappa shape index (κ3) is 5.08. The van der Waals surface area contributed by atoms with Crippen molar-refractivity contribution in [3.05, 3.63) is 88.6 Å². The van der Waals surface area contributed by atoms with Gasteiger partial charge >= 0.3 is 0 Å². The first-order chi connectivity index (χ1) is 15.5. The van der Waals surface area contributed by atoms with Gasteiger partial charge in [-0.15, -0.1) is 0 Å². The molecule has 2 amide bonds. The molecule has 32 heavy (non-hydrogen) atoms. The number of primary amides is 1. The Morgan fingerprint density at radius 3 is 2.56 bits per heavy atom. The Labute approximate surface area is 185 Å². The lowest BCUT2D eigenvalue weighted by Crippen LogP contribution is -2.42. The molecule has 3 N–H and O–H groups in total. The number of carbonyl (C=O) groups excluding carboxylic acids is 2. The molecule has 0 atom stereocenters. The van der Waals surface area contributed by atoms with Gasteiger partial charge in [-0.25, -0.2) is 14.4 Å². The highest BCUT2D eigenvalue weighted by atomic mass is 19.1. The van der Waals surface area contributed by atoms with Gasteiger partial charge in [0.05, 0.1) is 12.0 Å². The van der Waals surface area contributed by atoms with Gasteiger partial charge in [0.2, 0.25) is 5.91 Å². The summed E-state index contributed by atoms with van der Waals surface area (Å²) in [4.78, 5) is 34.5. The zero-order valence-corrected chi connectivity index (χ0v) is 17.6. The first-order valence-corrected chi connectivity index (χ1v) is 10.5. The van der Waals surface area contributed by atoms with Gasteiger partial charge in [0, 0.05) is 32.3 Å². The number of likely N-dealkylation sites (tertiary alicyclic amines) is 1. The van der Waals surface area contributed by atoms with Crippen molar-refractivity contribution < 1.29 is 14.0 Å².